The van der Waals surface area contributed by atoms with Crippen LogP contribution in [-0.2, 0) is 18.9 Å². The maximum Gasteiger partial charge on any atom is 0.460 e. The number of rotatable bonds is 5. The molecule has 234 valence electrons. The topological polar surface area (TPSA) is 36.9 Å². The second-order valence-electron chi connectivity index (χ2n) is 8.63. The SMILES string of the molecule is CC(F)(F)C1(C)OCC(F)(C(F)(F)C(F)(F)C(F)(F)C(F)(F)F)O1.CC(F)(F)C1(C)OCC(F)(C(F)(F)F)O1. The lowest BCUT2D eigenvalue weighted by Gasteiger charge is -2.39. The van der Waals surface area contributed by atoms with Crippen LogP contribution in [0.3, 0.4) is 0 Å². The number of hydrogen-bond donors (Lipinski definition) is 0. The highest BCUT2D eigenvalue weighted by atomic mass is 19.4. The largest absolute Gasteiger partial charge is 0.460 e. The normalized spacial score (nSPS) is 33.7. The van der Waals surface area contributed by atoms with Crippen molar-refractivity contribution in [2.24, 2.45) is 0 Å². The Hall–Kier alpha value is -1.42. The molecule has 0 aromatic heterocycles. The first-order valence-electron chi connectivity index (χ1n) is 9.66. The third-order valence-corrected chi connectivity index (χ3v) is 5.41. The van der Waals surface area contributed by atoms with Gasteiger partial charge in [-0.3, -0.25) is 4.74 Å². The molecule has 2 aliphatic rings. The van der Waals surface area contributed by atoms with Crippen molar-refractivity contribution in [1.29, 1.82) is 0 Å². The number of halogens is 18. The van der Waals surface area contributed by atoms with Gasteiger partial charge in [0.2, 0.25) is 11.6 Å². The summed E-state index contributed by atoms with van der Waals surface area (Å²) in [7, 11) is 0. The second kappa shape index (κ2) is 9.30. The fourth-order valence-corrected chi connectivity index (χ4v) is 2.53. The molecule has 0 bridgehead atoms. The standard InChI is InChI=1S/C10H8F12O2.C7H8F6O2/c1-4(11,12)5(2)23-3-6(13,24-5)7(14,15)8(16,17)9(18,19)10(20,21)22;1-4(8,9)5(2)14-3-6(10,15-5)7(11,12)13/h3H2,1-2H3;3H2,1-2H3. The number of alkyl halides is 18. The van der Waals surface area contributed by atoms with Crippen LogP contribution in [0, 0.1) is 0 Å². The van der Waals surface area contributed by atoms with Gasteiger partial charge in [-0.2, -0.15) is 57.1 Å². The Kier molecular flexibility index (Phi) is 8.49. The maximum atomic E-state index is 13.9. The van der Waals surface area contributed by atoms with Crippen LogP contribution in [0.4, 0.5) is 79.0 Å². The summed E-state index contributed by atoms with van der Waals surface area (Å²) in [5.74, 6) is -45.7. The fraction of sp³-hybridized carbons (Fsp3) is 1.00. The lowest BCUT2D eigenvalue weighted by molar-refractivity contribution is -0.437. The summed E-state index contributed by atoms with van der Waals surface area (Å²) in [5, 5.41) is 0. The van der Waals surface area contributed by atoms with Crippen LogP contribution in [0.25, 0.3) is 0 Å². The Labute approximate surface area is 205 Å². The van der Waals surface area contributed by atoms with Gasteiger partial charge in [0, 0.05) is 13.8 Å². The van der Waals surface area contributed by atoms with Crippen molar-refractivity contribution in [3.8, 4) is 0 Å². The molecule has 0 spiro atoms. The highest BCUT2D eigenvalue weighted by molar-refractivity contribution is 5.09. The zero-order valence-electron chi connectivity index (χ0n) is 19.4. The molecule has 4 unspecified atom stereocenters. The van der Waals surface area contributed by atoms with Gasteiger partial charge in [0.1, 0.15) is 13.2 Å². The van der Waals surface area contributed by atoms with E-state index in [1.807, 2.05) is 0 Å². The van der Waals surface area contributed by atoms with Gasteiger partial charge in [0.05, 0.1) is 0 Å². The Morgan fingerprint density at radius 3 is 1.05 bits per heavy atom. The van der Waals surface area contributed by atoms with Crippen LogP contribution in [-0.4, -0.2) is 78.5 Å². The van der Waals surface area contributed by atoms with Crippen LogP contribution in [0.1, 0.15) is 27.7 Å². The second-order valence-corrected chi connectivity index (χ2v) is 8.63. The van der Waals surface area contributed by atoms with Gasteiger partial charge in [-0.25, -0.2) is 22.0 Å². The van der Waals surface area contributed by atoms with Gasteiger partial charge in [0.25, 0.3) is 11.8 Å². The molecule has 0 aromatic carbocycles. The van der Waals surface area contributed by atoms with Gasteiger partial charge in [0.15, 0.2) is 0 Å². The molecule has 2 saturated heterocycles. The number of hydrogen-bond acceptors (Lipinski definition) is 4. The summed E-state index contributed by atoms with van der Waals surface area (Å²) in [6.45, 7) is -3.15. The van der Waals surface area contributed by atoms with Crippen LogP contribution in [0.15, 0.2) is 0 Å². The summed E-state index contributed by atoms with van der Waals surface area (Å²) in [6.07, 6.45) is -12.6. The molecule has 2 rings (SSSR count). The van der Waals surface area contributed by atoms with Crippen LogP contribution >= 0.6 is 0 Å². The molecule has 2 heterocycles. The third-order valence-electron chi connectivity index (χ3n) is 5.41. The fourth-order valence-electron chi connectivity index (χ4n) is 2.53. The Morgan fingerprint density at radius 2 is 0.821 bits per heavy atom. The van der Waals surface area contributed by atoms with E-state index in [4.69, 9.17) is 0 Å². The molecule has 4 nitrogen and oxygen atoms in total. The van der Waals surface area contributed by atoms with Crippen molar-refractivity contribution in [2.75, 3.05) is 13.2 Å². The van der Waals surface area contributed by atoms with Crippen molar-refractivity contribution in [3.63, 3.8) is 0 Å². The Balaban J connectivity index is 0.000000434. The molecule has 0 aromatic rings. The predicted molar refractivity (Wildman–Crippen MR) is 86.8 cm³/mol. The monoisotopic (exact) mass is 626 g/mol. The zero-order chi connectivity index (χ0) is 31.7. The minimum atomic E-state index is -7.39. The van der Waals surface area contributed by atoms with Crippen molar-refractivity contribution >= 4 is 0 Å². The lowest BCUT2D eigenvalue weighted by Crippen LogP contribution is -2.68. The van der Waals surface area contributed by atoms with Crippen LogP contribution in [0.2, 0.25) is 0 Å². The van der Waals surface area contributed by atoms with E-state index in [9.17, 15) is 79.0 Å². The summed E-state index contributed by atoms with van der Waals surface area (Å²) in [6, 6.07) is 0. The number of ether oxygens (including phenoxy) is 4. The first-order chi connectivity index (χ1) is 16.6. The molecule has 0 aliphatic carbocycles. The van der Waals surface area contributed by atoms with Crippen molar-refractivity contribution in [2.45, 2.75) is 92.9 Å². The van der Waals surface area contributed by atoms with E-state index in [2.05, 4.69) is 18.9 Å². The molecule has 2 aliphatic heterocycles. The highest BCUT2D eigenvalue weighted by Gasteiger charge is 2.88. The molecule has 0 radical (unpaired) electrons. The van der Waals surface area contributed by atoms with Crippen molar-refractivity contribution < 1.29 is 98.0 Å². The molecule has 4 atom stereocenters. The summed E-state index contributed by atoms with van der Waals surface area (Å²) >= 11 is 0. The van der Waals surface area contributed by atoms with E-state index >= 15 is 0 Å². The van der Waals surface area contributed by atoms with E-state index in [1.54, 1.807) is 0 Å². The van der Waals surface area contributed by atoms with E-state index in [0.29, 0.717) is 6.92 Å². The third kappa shape index (κ3) is 5.70. The molecule has 0 N–H and O–H groups in total. The average molecular weight is 626 g/mol. The summed E-state index contributed by atoms with van der Waals surface area (Å²) < 4.78 is 244. The molecule has 22 heteroatoms. The molecule has 39 heavy (non-hydrogen) atoms. The first kappa shape index (κ1) is 35.6. The van der Waals surface area contributed by atoms with Crippen molar-refractivity contribution in [1.82, 2.24) is 0 Å². The Bertz CT molecular complexity index is 866. The minimum Gasteiger partial charge on any atom is -0.339 e. The minimum absolute atomic E-state index is 0.0701. The van der Waals surface area contributed by atoms with Gasteiger partial charge < -0.3 is 14.2 Å². The smallest absolute Gasteiger partial charge is 0.339 e. The van der Waals surface area contributed by atoms with Gasteiger partial charge >= 0.3 is 41.8 Å². The molecular weight excluding hydrogens is 610 g/mol. The quantitative estimate of drug-likeness (QED) is 0.304. The predicted octanol–water partition coefficient (Wildman–Crippen LogP) is 7.17. The summed E-state index contributed by atoms with van der Waals surface area (Å²) in [5.41, 5.74) is 0. The van der Waals surface area contributed by atoms with Gasteiger partial charge in [-0.15, -0.1) is 0 Å². The zero-order valence-corrected chi connectivity index (χ0v) is 19.4. The molecule has 0 saturated carbocycles. The Morgan fingerprint density at radius 1 is 0.513 bits per heavy atom. The molecular formula is C17H16F18O4. The van der Waals surface area contributed by atoms with Gasteiger partial charge in [-0.05, 0) is 13.8 Å². The van der Waals surface area contributed by atoms with Crippen LogP contribution in [0.5, 0.6) is 0 Å². The summed E-state index contributed by atoms with van der Waals surface area (Å²) in [4.78, 5) is 0. The molecule has 2 fully saturated rings. The van der Waals surface area contributed by atoms with E-state index in [-0.39, 0.29) is 20.8 Å². The lowest BCUT2D eigenvalue weighted by atomic mass is 9.97. The van der Waals surface area contributed by atoms with Gasteiger partial charge in [-0.1, -0.05) is 0 Å². The van der Waals surface area contributed by atoms with E-state index in [0.717, 1.165) is 0 Å². The maximum absolute atomic E-state index is 13.9. The van der Waals surface area contributed by atoms with Crippen LogP contribution < -0.4 is 0 Å². The van der Waals surface area contributed by atoms with Crippen molar-refractivity contribution in [3.05, 3.63) is 0 Å². The van der Waals surface area contributed by atoms with E-state index in [1.165, 1.54) is 0 Å². The first-order valence-corrected chi connectivity index (χ1v) is 9.66. The average Bonchev–Trinajstić information content (AvgIpc) is 3.19. The highest BCUT2D eigenvalue weighted by Crippen LogP contribution is 2.60. The molecule has 0 amide bonds. The van der Waals surface area contributed by atoms with E-state index < -0.39 is 78.5 Å².